The van der Waals surface area contributed by atoms with Crippen molar-refractivity contribution >= 4 is 0 Å². The summed E-state index contributed by atoms with van der Waals surface area (Å²) in [5, 5.41) is 9.04. The van der Waals surface area contributed by atoms with Crippen LogP contribution in [0.15, 0.2) is 0 Å². The first-order chi connectivity index (χ1) is 5.62. The molecule has 0 radical (unpaired) electrons. The highest BCUT2D eigenvalue weighted by molar-refractivity contribution is 5.09. The van der Waals surface area contributed by atoms with Crippen molar-refractivity contribution in [2.24, 2.45) is 16.7 Å². The van der Waals surface area contributed by atoms with Crippen LogP contribution in [0.25, 0.3) is 0 Å². The molecule has 3 aliphatic rings. The fourth-order valence-electron chi connectivity index (χ4n) is 3.63. The number of hydrogen-bond acceptors (Lipinski definition) is 1. The summed E-state index contributed by atoms with van der Waals surface area (Å²) in [7, 11) is 0. The Labute approximate surface area is 75.2 Å². The van der Waals surface area contributed by atoms with Gasteiger partial charge in [0.1, 0.15) is 0 Å². The standard InChI is InChI=1S/C11H20O/c1-10(2)9-4-3-5-11(10,8-9)6-7-12/h9,12H,3-8H2,1-2H3/t9-,11-/m1/s1. The van der Waals surface area contributed by atoms with E-state index in [-0.39, 0.29) is 0 Å². The lowest BCUT2D eigenvalue weighted by molar-refractivity contribution is -0.169. The summed E-state index contributed by atoms with van der Waals surface area (Å²) in [6, 6.07) is 0. The Bertz CT molecular complexity index is 176. The van der Waals surface area contributed by atoms with Crippen LogP contribution in [0.2, 0.25) is 0 Å². The van der Waals surface area contributed by atoms with Crippen LogP contribution in [0.3, 0.4) is 0 Å². The zero-order valence-electron chi connectivity index (χ0n) is 8.27. The lowest BCUT2D eigenvalue weighted by Crippen LogP contribution is -2.58. The average molecular weight is 168 g/mol. The molecule has 0 aromatic rings. The lowest BCUT2D eigenvalue weighted by Gasteiger charge is -2.66. The second-order valence-corrected chi connectivity index (χ2v) is 5.27. The Kier molecular flexibility index (Phi) is 1.76. The maximum absolute atomic E-state index is 9.04. The molecule has 0 aliphatic heterocycles. The summed E-state index contributed by atoms with van der Waals surface area (Å²) < 4.78 is 0. The van der Waals surface area contributed by atoms with Gasteiger partial charge in [0.25, 0.3) is 0 Å². The van der Waals surface area contributed by atoms with E-state index < -0.39 is 0 Å². The highest BCUT2D eigenvalue weighted by atomic mass is 16.3. The Morgan fingerprint density at radius 3 is 2.67 bits per heavy atom. The number of hydrogen-bond donors (Lipinski definition) is 1. The molecule has 0 unspecified atom stereocenters. The van der Waals surface area contributed by atoms with Crippen LogP contribution in [0, 0.1) is 16.7 Å². The Morgan fingerprint density at radius 1 is 1.42 bits per heavy atom. The third-order valence-electron chi connectivity index (χ3n) is 4.82. The van der Waals surface area contributed by atoms with Gasteiger partial charge in [-0.15, -0.1) is 0 Å². The minimum Gasteiger partial charge on any atom is -0.396 e. The van der Waals surface area contributed by atoms with E-state index in [1.165, 1.54) is 25.7 Å². The van der Waals surface area contributed by atoms with Gasteiger partial charge in [-0.3, -0.25) is 0 Å². The molecule has 2 atom stereocenters. The number of fused-ring (bicyclic) bond motifs is 2. The maximum atomic E-state index is 9.04. The van der Waals surface area contributed by atoms with Crippen LogP contribution in [0.1, 0.15) is 46.0 Å². The second kappa shape index (κ2) is 2.47. The van der Waals surface area contributed by atoms with Crippen LogP contribution >= 0.6 is 0 Å². The molecule has 3 aliphatic carbocycles. The summed E-state index contributed by atoms with van der Waals surface area (Å²) in [6.07, 6.45) is 6.61. The van der Waals surface area contributed by atoms with E-state index in [1.54, 1.807) is 0 Å². The van der Waals surface area contributed by atoms with Gasteiger partial charge < -0.3 is 5.11 Å². The smallest absolute Gasteiger partial charge is 0.0436 e. The Balaban J connectivity index is 2.14. The van der Waals surface area contributed by atoms with Crippen molar-refractivity contribution in [1.29, 1.82) is 0 Å². The van der Waals surface area contributed by atoms with Crippen LogP contribution in [-0.4, -0.2) is 11.7 Å². The van der Waals surface area contributed by atoms with Gasteiger partial charge >= 0.3 is 0 Å². The summed E-state index contributed by atoms with van der Waals surface area (Å²) in [6.45, 7) is 5.18. The van der Waals surface area contributed by atoms with E-state index in [9.17, 15) is 0 Å². The first-order valence-electron chi connectivity index (χ1n) is 5.23. The van der Waals surface area contributed by atoms with E-state index in [4.69, 9.17) is 5.11 Å². The van der Waals surface area contributed by atoms with Crippen molar-refractivity contribution in [2.45, 2.75) is 46.0 Å². The molecule has 70 valence electrons. The third-order valence-corrected chi connectivity index (χ3v) is 4.82. The van der Waals surface area contributed by atoms with Crippen LogP contribution in [0.4, 0.5) is 0 Å². The SMILES string of the molecule is CC1(C)[C@@H]2CCC[C@@]1(CCO)C2. The summed E-state index contributed by atoms with van der Waals surface area (Å²) >= 11 is 0. The van der Waals surface area contributed by atoms with Gasteiger partial charge in [0.15, 0.2) is 0 Å². The monoisotopic (exact) mass is 168 g/mol. The molecule has 3 rings (SSSR count). The van der Waals surface area contributed by atoms with Gasteiger partial charge in [0.05, 0.1) is 0 Å². The minimum absolute atomic E-state index is 0.385. The summed E-state index contributed by atoms with van der Waals surface area (Å²) in [5.41, 5.74) is 1.04. The van der Waals surface area contributed by atoms with Crippen LogP contribution in [0.5, 0.6) is 0 Å². The van der Waals surface area contributed by atoms with Crippen molar-refractivity contribution in [3.05, 3.63) is 0 Å². The van der Waals surface area contributed by atoms with Gasteiger partial charge in [-0.2, -0.15) is 0 Å². The molecule has 0 amide bonds. The minimum atomic E-state index is 0.385. The summed E-state index contributed by atoms with van der Waals surface area (Å²) in [5.74, 6) is 0.956. The molecular weight excluding hydrogens is 148 g/mol. The predicted octanol–water partition coefficient (Wildman–Crippen LogP) is 2.59. The molecule has 1 N–H and O–H groups in total. The van der Waals surface area contributed by atoms with Crippen LogP contribution < -0.4 is 0 Å². The fraction of sp³-hybridized carbons (Fsp3) is 1.00. The molecule has 3 fully saturated rings. The van der Waals surface area contributed by atoms with E-state index in [0.717, 1.165) is 12.3 Å². The molecule has 0 heterocycles. The highest BCUT2D eigenvalue weighted by Crippen LogP contribution is 2.69. The largest absolute Gasteiger partial charge is 0.396 e. The van der Waals surface area contributed by atoms with Gasteiger partial charge in [-0.1, -0.05) is 20.3 Å². The summed E-state index contributed by atoms with van der Waals surface area (Å²) in [4.78, 5) is 0. The topological polar surface area (TPSA) is 20.2 Å². The zero-order chi connectivity index (χ0) is 8.82. The average Bonchev–Trinajstić information content (AvgIpc) is 2.05. The van der Waals surface area contributed by atoms with E-state index in [0.29, 0.717) is 17.4 Å². The molecular formula is C11H20O. The zero-order valence-corrected chi connectivity index (χ0v) is 8.27. The Morgan fingerprint density at radius 2 is 2.17 bits per heavy atom. The fourth-order valence-corrected chi connectivity index (χ4v) is 3.63. The van der Waals surface area contributed by atoms with E-state index in [1.807, 2.05) is 0 Å². The van der Waals surface area contributed by atoms with Gasteiger partial charge in [0.2, 0.25) is 0 Å². The molecule has 1 nitrogen and oxygen atoms in total. The molecule has 3 saturated carbocycles. The predicted molar refractivity (Wildman–Crippen MR) is 49.9 cm³/mol. The van der Waals surface area contributed by atoms with E-state index in [2.05, 4.69) is 13.8 Å². The first kappa shape index (κ1) is 8.55. The van der Waals surface area contributed by atoms with Gasteiger partial charge in [0, 0.05) is 6.61 Å². The van der Waals surface area contributed by atoms with Crippen molar-refractivity contribution in [1.82, 2.24) is 0 Å². The second-order valence-electron chi connectivity index (χ2n) is 5.27. The molecule has 0 aromatic heterocycles. The molecule has 0 aromatic carbocycles. The molecule has 0 saturated heterocycles. The molecule has 0 spiro atoms. The molecule has 1 heteroatoms. The van der Waals surface area contributed by atoms with Gasteiger partial charge in [-0.25, -0.2) is 0 Å². The Hall–Kier alpha value is -0.0400. The van der Waals surface area contributed by atoms with Crippen molar-refractivity contribution in [3.63, 3.8) is 0 Å². The quantitative estimate of drug-likeness (QED) is 0.672. The van der Waals surface area contributed by atoms with E-state index >= 15 is 0 Å². The highest BCUT2D eigenvalue weighted by Gasteiger charge is 2.60. The number of rotatable bonds is 2. The van der Waals surface area contributed by atoms with Gasteiger partial charge in [-0.05, 0) is 42.4 Å². The van der Waals surface area contributed by atoms with Crippen molar-refractivity contribution in [3.8, 4) is 0 Å². The lowest BCUT2D eigenvalue weighted by atomic mass is 9.39. The maximum Gasteiger partial charge on any atom is 0.0436 e. The normalized spacial score (nSPS) is 43.8. The number of aliphatic hydroxyl groups excluding tert-OH is 1. The first-order valence-corrected chi connectivity index (χ1v) is 5.23. The molecule has 12 heavy (non-hydrogen) atoms. The van der Waals surface area contributed by atoms with Crippen molar-refractivity contribution < 1.29 is 5.11 Å². The molecule has 2 bridgehead atoms. The number of aliphatic hydroxyl groups is 1. The van der Waals surface area contributed by atoms with Crippen LogP contribution in [-0.2, 0) is 0 Å². The third kappa shape index (κ3) is 0.834. The van der Waals surface area contributed by atoms with Crippen molar-refractivity contribution in [2.75, 3.05) is 6.61 Å².